The van der Waals surface area contributed by atoms with Crippen LogP contribution < -0.4 is 0 Å². The molecule has 25 heavy (non-hydrogen) atoms. The molecule has 2 aromatic rings. The second kappa shape index (κ2) is 6.55. The van der Waals surface area contributed by atoms with Gasteiger partial charge in [0.05, 0.1) is 13.2 Å². The van der Waals surface area contributed by atoms with E-state index in [-0.39, 0.29) is 12.0 Å². The molecule has 0 radical (unpaired) electrons. The number of morpholine rings is 1. The first-order chi connectivity index (χ1) is 12.1. The minimum absolute atomic E-state index is 0.0791. The van der Waals surface area contributed by atoms with E-state index in [2.05, 4.69) is 15.1 Å². The first-order valence-corrected chi connectivity index (χ1v) is 8.82. The molecule has 0 saturated carbocycles. The number of aryl methyl sites for hydroxylation is 3. The fraction of sp³-hybridized carbons (Fsp3) is 0.556. The standard InChI is InChI=1S/C18H22N4O3/c1-11-9-12(2)20-17(19-11)15-10-22(7-8-24-15)18(23)16-13-5-3-4-6-14(13)25-21-16/h9,15H,3-8,10H2,1-2H3/t15-/m1/s1. The van der Waals surface area contributed by atoms with Gasteiger partial charge >= 0.3 is 0 Å². The Morgan fingerprint density at radius 1 is 1.20 bits per heavy atom. The molecule has 3 heterocycles. The zero-order chi connectivity index (χ0) is 17.4. The maximum atomic E-state index is 13.0. The van der Waals surface area contributed by atoms with E-state index in [0.717, 1.165) is 48.4 Å². The molecule has 132 valence electrons. The molecule has 7 nitrogen and oxygen atoms in total. The number of hydrogen-bond donors (Lipinski definition) is 0. The molecule has 0 spiro atoms. The smallest absolute Gasteiger partial charge is 0.276 e. The fourth-order valence-corrected chi connectivity index (χ4v) is 3.59. The quantitative estimate of drug-likeness (QED) is 0.832. The predicted molar refractivity (Wildman–Crippen MR) is 89.2 cm³/mol. The van der Waals surface area contributed by atoms with Gasteiger partial charge in [-0.15, -0.1) is 0 Å². The van der Waals surface area contributed by atoms with E-state index < -0.39 is 0 Å². The van der Waals surface area contributed by atoms with Crippen molar-refractivity contribution >= 4 is 5.91 Å². The van der Waals surface area contributed by atoms with Gasteiger partial charge in [-0.2, -0.15) is 0 Å². The minimum atomic E-state index is -0.306. The largest absolute Gasteiger partial charge is 0.367 e. The van der Waals surface area contributed by atoms with Crippen LogP contribution in [0.1, 0.15) is 58.0 Å². The van der Waals surface area contributed by atoms with Crippen LogP contribution in [0.2, 0.25) is 0 Å². The van der Waals surface area contributed by atoms with E-state index in [1.54, 1.807) is 4.90 Å². The SMILES string of the molecule is Cc1cc(C)nc([C@H]2CN(C(=O)c3noc4c3CCCC4)CCO2)n1. The number of carbonyl (C=O) groups excluding carboxylic acids is 1. The van der Waals surface area contributed by atoms with Gasteiger partial charge in [-0.1, -0.05) is 5.16 Å². The topological polar surface area (TPSA) is 81.4 Å². The molecular weight excluding hydrogens is 320 g/mol. The monoisotopic (exact) mass is 342 g/mol. The van der Waals surface area contributed by atoms with Crippen LogP contribution in [0.5, 0.6) is 0 Å². The zero-order valence-electron chi connectivity index (χ0n) is 14.6. The third kappa shape index (κ3) is 3.16. The van der Waals surface area contributed by atoms with Gasteiger partial charge < -0.3 is 14.2 Å². The number of nitrogens with zero attached hydrogens (tertiary/aromatic N) is 4. The van der Waals surface area contributed by atoms with Crippen LogP contribution in [0, 0.1) is 13.8 Å². The first-order valence-electron chi connectivity index (χ1n) is 8.82. The minimum Gasteiger partial charge on any atom is -0.367 e. The average molecular weight is 342 g/mol. The Kier molecular flexibility index (Phi) is 4.25. The van der Waals surface area contributed by atoms with Gasteiger partial charge in [-0.25, -0.2) is 9.97 Å². The highest BCUT2D eigenvalue weighted by molar-refractivity contribution is 5.94. The van der Waals surface area contributed by atoms with Crippen LogP contribution >= 0.6 is 0 Å². The molecule has 0 N–H and O–H groups in total. The van der Waals surface area contributed by atoms with Gasteiger partial charge in [0, 0.05) is 29.9 Å². The first kappa shape index (κ1) is 16.2. The normalized spacial score (nSPS) is 20.4. The summed E-state index contributed by atoms with van der Waals surface area (Å²) in [6.07, 6.45) is 3.61. The van der Waals surface area contributed by atoms with Crippen molar-refractivity contribution in [3.8, 4) is 0 Å². The highest BCUT2D eigenvalue weighted by Gasteiger charge is 2.32. The van der Waals surface area contributed by atoms with Crippen molar-refractivity contribution in [2.45, 2.75) is 45.6 Å². The third-order valence-electron chi connectivity index (χ3n) is 4.79. The van der Waals surface area contributed by atoms with Crippen LogP contribution in [0.4, 0.5) is 0 Å². The van der Waals surface area contributed by atoms with E-state index in [1.807, 2.05) is 19.9 Å². The number of amides is 1. The molecule has 7 heteroatoms. The van der Waals surface area contributed by atoms with Crippen molar-refractivity contribution in [1.82, 2.24) is 20.0 Å². The predicted octanol–water partition coefficient (Wildman–Crippen LogP) is 2.17. The molecule has 2 aliphatic rings. The Morgan fingerprint density at radius 2 is 1.96 bits per heavy atom. The maximum absolute atomic E-state index is 13.0. The molecule has 0 aromatic carbocycles. The second-order valence-electron chi connectivity index (χ2n) is 6.76. The maximum Gasteiger partial charge on any atom is 0.276 e. The summed E-state index contributed by atoms with van der Waals surface area (Å²) in [4.78, 5) is 23.7. The van der Waals surface area contributed by atoms with Gasteiger partial charge in [0.1, 0.15) is 11.9 Å². The van der Waals surface area contributed by atoms with Crippen molar-refractivity contribution in [3.63, 3.8) is 0 Å². The molecule has 1 fully saturated rings. The summed E-state index contributed by atoms with van der Waals surface area (Å²) >= 11 is 0. The van der Waals surface area contributed by atoms with Crippen LogP contribution in [0.15, 0.2) is 10.6 Å². The Bertz CT molecular complexity index is 781. The number of carbonyl (C=O) groups is 1. The molecule has 0 bridgehead atoms. The van der Waals surface area contributed by atoms with Crippen molar-refractivity contribution < 1.29 is 14.1 Å². The lowest BCUT2D eigenvalue weighted by Gasteiger charge is -2.32. The van der Waals surface area contributed by atoms with Crippen molar-refractivity contribution in [1.29, 1.82) is 0 Å². The molecule has 1 amide bonds. The average Bonchev–Trinajstić information content (AvgIpc) is 3.04. The van der Waals surface area contributed by atoms with E-state index in [1.165, 1.54) is 0 Å². The second-order valence-corrected chi connectivity index (χ2v) is 6.76. The van der Waals surface area contributed by atoms with Crippen molar-refractivity contribution in [2.75, 3.05) is 19.7 Å². The fourth-order valence-electron chi connectivity index (χ4n) is 3.59. The van der Waals surface area contributed by atoms with Crippen LogP contribution in [-0.4, -0.2) is 45.6 Å². The van der Waals surface area contributed by atoms with E-state index in [4.69, 9.17) is 9.26 Å². The Morgan fingerprint density at radius 3 is 2.76 bits per heavy atom. The number of rotatable bonds is 2. The summed E-state index contributed by atoms with van der Waals surface area (Å²) in [5.74, 6) is 1.43. The third-order valence-corrected chi connectivity index (χ3v) is 4.79. The number of ether oxygens (including phenoxy) is 1. The van der Waals surface area contributed by atoms with Gasteiger partial charge in [-0.05, 0) is 39.2 Å². The molecule has 0 unspecified atom stereocenters. The van der Waals surface area contributed by atoms with Crippen LogP contribution in [0.25, 0.3) is 0 Å². The van der Waals surface area contributed by atoms with Crippen molar-refractivity contribution in [2.24, 2.45) is 0 Å². The summed E-state index contributed by atoms with van der Waals surface area (Å²) in [5, 5.41) is 4.06. The molecular formula is C18H22N4O3. The summed E-state index contributed by atoms with van der Waals surface area (Å²) in [7, 11) is 0. The van der Waals surface area contributed by atoms with Gasteiger partial charge in [0.2, 0.25) is 0 Å². The summed E-state index contributed by atoms with van der Waals surface area (Å²) in [6.45, 7) is 5.31. The van der Waals surface area contributed by atoms with E-state index in [0.29, 0.717) is 31.2 Å². The number of aromatic nitrogens is 3. The van der Waals surface area contributed by atoms with Crippen LogP contribution in [-0.2, 0) is 17.6 Å². The van der Waals surface area contributed by atoms with E-state index in [9.17, 15) is 4.79 Å². The Balaban J connectivity index is 1.55. The van der Waals surface area contributed by atoms with Gasteiger partial charge in [0.25, 0.3) is 5.91 Å². The molecule has 1 saturated heterocycles. The summed E-state index contributed by atoms with van der Waals surface area (Å²) in [6, 6.07) is 1.93. The Hall–Kier alpha value is -2.28. The molecule has 4 rings (SSSR count). The number of hydrogen-bond acceptors (Lipinski definition) is 6. The molecule has 1 aliphatic carbocycles. The van der Waals surface area contributed by atoms with Gasteiger partial charge in [0.15, 0.2) is 11.5 Å². The zero-order valence-corrected chi connectivity index (χ0v) is 14.6. The van der Waals surface area contributed by atoms with Crippen LogP contribution in [0.3, 0.4) is 0 Å². The number of fused-ring (bicyclic) bond motifs is 1. The lowest BCUT2D eigenvalue weighted by atomic mass is 9.96. The van der Waals surface area contributed by atoms with Crippen molar-refractivity contribution in [3.05, 3.63) is 40.3 Å². The lowest BCUT2D eigenvalue weighted by molar-refractivity contribution is -0.0272. The summed E-state index contributed by atoms with van der Waals surface area (Å²) in [5.41, 5.74) is 3.26. The highest BCUT2D eigenvalue weighted by atomic mass is 16.5. The molecule has 1 aliphatic heterocycles. The molecule has 1 atom stereocenters. The highest BCUT2D eigenvalue weighted by Crippen LogP contribution is 2.27. The Labute approximate surface area is 146 Å². The molecule has 2 aromatic heterocycles. The summed E-state index contributed by atoms with van der Waals surface area (Å²) < 4.78 is 11.2. The van der Waals surface area contributed by atoms with Gasteiger partial charge in [-0.3, -0.25) is 4.79 Å². The van der Waals surface area contributed by atoms with E-state index >= 15 is 0 Å². The lowest BCUT2D eigenvalue weighted by Crippen LogP contribution is -2.43.